The molecule has 5 heteroatoms. The van der Waals surface area contributed by atoms with Crippen LogP contribution in [0, 0.1) is 0 Å². The number of carbonyl (C=O) groups is 2. The highest BCUT2D eigenvalue weighted by molar-refractivity contribution is 5.69. The molecule has 1 N–H and O–H groups in total. The molecule has 0 spiro atoms. The molecule has 1 amide bonds. The Morgan fingerprint density at radius 3 is 2.13 bits per heavy atom. The van der Waals surface area contributed by atoms with Crippen LogP contribution in [-0.4, -0.2) is 31.8 Å². The second-order valence-corrected chi connectivity index (χ2v) is 5.86. The van der Waals surface area contributed by atoms with Crippen LogP contribution in [0.2, 0.25) is 0 Å². The standard InChI is InChI=1S/C18H35NO4/c1-3-5-7-8-12-16-22-17(20)13-10-9-11-14-19-18(21)23-15-6-4-2/h3-16H2,1-2H3,(H,19,21). The van der Waals surface area contributed by atoms with E-state index in [1.54, 1.807) is 0 Å². The molecule has 0 aliphatic heterocycles. The van der Waals surface area contributed by atoms with Gasteiger partial charge in [0.1, 0.15) is 0 Å². The zero-order chi connectivity index (χ0) is 17.2. The van der Waals surface area contributed by atoms with Crippen LogP contribution in [0.5, 0.6) is 0 Å². The zero-order valence-corrected chi connectivity index (χ0v) is 15.0. The fraction of sp³-hybridized carbons (Fsp3) is 0.889. The van der Waals surface area contributed by atoms with Crippen LogP contribution in [0.1, 0.15) is 84.5 Å². The van der Waals surface area contributed by atoms with Crippen LogP contribution in [0.4, 0.5) is 4.79 Å². The largest absolute Gasteiger partial charge is 0.466 e. The highest BCUT2D eigenvalue weighted by Crippen LogP contribution is 2.04. The van der Waals surface area contributed by atoms with E-state index in [0.717, 1.165) is 44.9 Å². The molecule has 0 aliphatic rings. The van der Waals surface area contributed by atoms with Gasteiger partial charge in [0.25, 0.3) is 0 Å². The van der Waals surface area contributed by atoms with Crippen molar-refractivity contribution in [2.24, 2.45) is 0 Å². The van der Waals surface area contributed by atoms with Gasteiger partial charge in [0.2, 0.25) is 0 Å². The molecule has 0 fully saturated rings. The second kappa shape index (κ2) is 17.1. The quantitative estimate of drug-likeness (QED) is 0.352. The lowest BCUT2D eigenvalue weighted by molar-refractivity contribution is -0.143. The van der Waals surface area contributed by atoms with Gasteiger partial charge >= 0.3 is 12.1 Å². The maximum Gasteiger partial charge on any atom is 0.407 e. The van der Waals surface area contributed by atoms with Gasteiger partial charge in [0.05, 0.1) is 13.2 Å². The Hall–Kier alpha value is -1.26. The molecule has 5 nitrogen and oxygen atoms in total. The summed E-state index contributed by atoms with van der Waals surface area (Å²) in [7, 11) is 0. The summed E-state index contributed by atoms with van der Waals surface area (Å²) in [5, 5.41) is 2.71. The molecular formula is C18H35NO4. The highest BCUT2D eigenvalue weighted by Gasteiger charge is 2.03. The van der Waals surface area contributed by atoms with Gasteiger partial charge in [-0.25, -0.2) is 4.79 Å². The molecule has 0 aliphatic carbocycles. The average Bonchev–Trinajstić information content (AvgIpc) is 2.54. The maximum atomic E-state index is 11.5. The SMILES string of the molecule is CCCCCCCOC(=O)CCCCCNC(=O)OCCCC. The van der Waals surface area contributed by atoms with Gasteiger partial charge in [0.15, 0.2) is 0 Å². The number of ether oxygens (including phenoxy) is 2. The minimum Gasteiger partial charge on any atom is -0.466 e. The van der Waals surface area contributed by atoms with Crippen LogP contribution in [0.25, 0.3) is 0 Å². The third-order valence-electron chi connectivity index (χ3n) is 3.57. The molecule has 0 heterocycles. The van der Waals surface area contributed by atoms with Gasteiger partial charge in [-0.3, -0.25) is 4.79 Å². The number of alkyl carbamates (subject to hydrolysis) is 1. The molecule has 0 bridgehead atoms. The summed E-state index contributed by atoms with van der Waals surface area (Å²) in [4.78, 5) is 22.8. The topological polar surface area (TPSA) is 64.6 Å². The van der Waals surface area contributed by atoms with Gasteiger partial charge in [-0.1, -0.05) is 52.4 Å². The van der Waals surface area contributed by atoms with Crippen LogP contribution >= 0.6 is 0 Å². The molecule has 0 saturated heterocycles. The summed E-state index contributed by atoms with van der Waals surface area (Å²) in [6.07, 6.45) is 10.4. The summed E-state index contributed by atoms with van der Waals surface area (Å²) >= 11 is 0. The van der Waals surface area contributed by atoms with Gasteiger partial charge < -0.3 is 14.8 Å². The van der Waals surface area contributed by atoms with E-state index in [9.17, 15) is 9.59 Å². The smallest absolute Gasteiger partial charge is 0.407 e. The maximum absolute atomic E-state index is 11.5. The first-order valence-corrected chi connectivity index (χ1v) is 9.27. The lowest BCUT2D eigenvalue weighted by Gasteiger charge is -2.07. The monoisotopic (exact) mass is 329 g/mol. The summed E-state index contributed by atoms with van der Waals surface area (Å²) in [5.41, 5.74) is 0. The molecule has 23 heavy (non-hydrogen) atoms. The van der Waals surface area contributed by atoms with Crippen LogP contribution < -0.4 is 5.32 Å². The first kappa shape index (κ1) is 21.7. The minimum atomic E-state index is -0.346. The number of amides is 1. The van der Waals surface area contributed by atoms with Crippen LogP contribution in [0.15, 0.2) is 0 Å². The Labute approximate surface area is 141 Å². The fourth-order valence-corrected chi connectivity index (χ4v) is 2.09. The zero-order valence-electron chi connectivity index (χ0n) is 15.0. The minimum absolute atomic E-state index is 0.104. The van der Waals surface area contributed by atoms with E-state index in [4.69, 9.17) is 9.47 Å². The Balaban J connectivity index is 3.27. The summed E-state index contributed by atoms with van der Waals surface area (Å²) in [6, 6.07) is 0. The van der Waals surface area contributed by atoms with Crippen molar-refractivity contribution in [2.45, 2.75) is 84.5 Å². The number of unbranched alkanes of at least 4 members (excludes halogenated alkanes) is 7. The lowest BCUT2D eigenvalue weighted by Crippen LogP contribution is -2.25. The molecule has 136 valence electrons. The predicted molar refractivity (Wildman–Crippen MR) is 92.4 cm³/mol. The Morgan fingerprint density at radius 2 is 1.39 bits per heavy atom. The van der Waals surface area contributed by atoms with Crippen LogP contribution in [0.3, 0.4) is 0 Å². The van der Waals surface area contributed by atoms with Crippen molar-refractivity contribution >= 4 is 12.1 Å². The molecule has 0 atom stereocenters. The summed E-state index contributed by atoms with van der Waals surface area (Å²) in [5.74, 6) is -0.104. The van der Waals surface area contributed by atoms with E-state index < -0.39 is 0 Å². The normalized spacial score (nSPS) is 10.3. The first-order valence-electron chi connectivity index (χ1n) is 9.27. The molecule has 0 aromatic heterocycles. The average molecular weight is 329 g/mol. The lowest BCUT2D eigenvalue weighted by atomic mass is 10.2. The molecule has 0 aromatic carbocycles. The van der Waals surface area contributed by atoms with Gasteiger partial charge in [0, 0.05) is 13.0 Å². The third kappa shape index (κ3) is 16.9. The van der Waals surface area contributed by atoms with Gasteiger partial charge in [-0.2, -0.15) is 0 Å². The van der Waals surface area contributed by atoms with E-state index in [2.05, 4.69) is 19.2 Å². The Kier molecular flexibility index (Phi) is 16.2. The van der Waals surface area contributed by atoms with Crippen molar-refractivity contribution in [3.63, 3.8) is 0 Å². The van der Waals surface area contributed by atoms with E-state index in [1.807, 2.05) is 0 Å². The number of esters is 1. The number of nitrogens with one attached hydrogen (secondary N) is 1. The Bertz CT molecular complexity index is 295. The van der Waals surface area contributed by atoms with E-state index >= 15 is 0 Å². The van der Waals surface area contributed by atoms with Crippen molar-refractivity contribution < 1.29 is 19.1 Å². The van der Waals surface area contributed by atoms with Crippen molar-refractivity contribution in [3.05, 3.63) is 0 Å². The van der Waals surface area contributed by atoms with E-state index in [0.29, 0.717) is 26.2 Å². The Morgan fingerprint density at radius 1 is 0.739 bits per heavy atom. The predicted octanol–water partition coefficient (Wildman–Crippen LogP) is 4.59. The molecular weight excluding hydrogens is 294 g/mol. The van der Waals surface area contributed by atoms with E-state index in [-0.39, 0.29) is 12.1 Å². The number of hydrogen-bond acceptors (Lipinski definition) is 4. The molecule has 0 rings (SSSR count). The number of rotatable bonds is 15. The molecule has 0 aromatic rings. The molecule has 0 radical (unpaired) electrons. The van der Waals surface area contributed by atoms with E-state index in [1.165, 1.54) is 19.3 Å². The molecule has 0 saturated carbocycles. The summed E-state index contributed by atoms with van der Waals surface area (Å²) in [6.45, 7) is 5.86. The first-order chi connectivity index (χ1) is 11.2. The van der Waals surface area contributed by atoms with Gasteiger partial charge in [-0.05, 0) is 25.7 Å². The third-order valence-corrected chi connectivity index (χ3v) is 3.57. The summed E-state index contributed by atoms with van der Waals surface area (Å²) < 4.78 is 10.2. The van der Waals surface area contributed by atoms with Crippen molar-refractivity contribution in [1.82, 2.24) is 5.32 Å². The van der Waals surface area contributed by atoms with Crippen molar-refractivity contribution in [1.29, 1.82) is 0 Å². The fourth-order valence-electron chi connectivity index (χ4n) is 2.09. The van der Waals surface area contributed by atoms with Crippen molar-refractivity contribution in [2.75, 3.05) is 19.8 Å². The molecule has 0 unspecified atom stereocenters. The van der Waals surface area contributed by atoms with Crippen LogP contribution in [-0.2, 0) is 14.3 Å². The highest BCUT2D eigenvalue weighted by atomic mass is 16.5. The van der Waals surface area contributed by atoms with Crippen molar-refractivity contribution in [3.8, 4) is 0 Å². The number of hydrogen-bond donors (Lipinski definition) is 1. The van der Waals surface area contributed by atoms with Gasteiger partial charge in [-0.15, -0.1) is 0 Å². The second-order valence-electron chi connectivity index (χ2n) is 5.86. The number of carbonyl (C=O) groups excluding carboxylic acids is 2.